The molecule has 31 heavy (non-hydrogen) atoms. The molecule has 2 aromatic carbocycles. The average molecular weight is 417 g/mol. The maximum atomic E-state index is 12.6. The normalized spacial score (nSPS) is 10.8. The maximum Gasteiger partial charge on any atom is 0.255 e. The van der Waals surface area contributed by atoms with Gasteiger partial charge in [0.1, 0.15) is 11.6 Å². The van der Waals surface area contributed by atoms with Gasteiger partial charge in [0.25, 0.3) is 5.91 Å². The summed E-state index contributed by atoms with van der Waals surface area (Å²) in [6.45, 7) is 1.26. The third kappa shape index (κ3) is 4.65. The van der Waals surface area contributed by atoms with Crippen LogP contribution in [0.25, 0.3) is 16.9 Å². The molecule has 0 unspecified atom stereocenters. The van der Waals surface area contributed by atoms with Crippen LogP contribution in [-0.2, 0) is 4.74 Å². The molecule has 2 aromatic heterocycles. The van der Waals surface area contributed by atoms with Crippen molar-refractivity contribution in [2.45, 2.75) is 0 Å². The predicted molar refractivity (Wildman–Crippen MR) is 120 cm³/mol. The Balaban J connectivity index is 1.51. The number of amides is 1. The molecule has 0 radical (unpaired) electrons. The molecule has 158 valence electrons. The van der Waals surface area contributed by atoms with Crippen LogP contribution in [0.1, 0.15) is 10.4 Å². The van der Waals surface area contributed by atoms with Crippen LogP contribution in [0.4, 0.5) is 11.5 Å². The third-order valence-corrected chi connectivity index (χ3v) is 4.77. The molecule has 1 amide bonds. The van der Waals surface area contributed by atoms with Crippen molar-refractivity contribution in [1.82, 2.24) is 14.6 Å². The number of methoxy groups -OCH3 is 2. The smallest absolute Gasteiger partial charge is 0.255 e. The lowest BCUT2D eigenvalue weighted by molar-refractivity contribution is 0.102. The number of hydrogen-bond donors (Lipinski definition) is 2. The van der Waals surface area contributed by atoms with E-state index in [0.717, 1.165) is 28.5 Å². The van der Waals surface area contributed by atoms with E-state index in [0.29, 0.717) is 24.4 Å². The van der Waals surface area contributed by atoms with Gasteiger partial charge in [-0.25, -0.2) is 9.50 Å². The van der Waals surface area contributed by atoms with Crippen LogP contribution in [0.2, 0.25) is 0 Å². The second-order valence-electron chi connectivity index (χ2n) is 6.81. The highest BCUT2D eigenvalue weighted by Gasteiger charge is 2.11. The second-order valence-corrected chi connectivity index (χ2v) is 6.81. The molecule has 0 saturated carbocycles. The minimum absolute atomic E-state index is 0.183. The van der Waals surface area contributed by atoms with Crippen molar-refractivity contribution < 1.29 is 14.3 Å². The molecular formula is C23H23N5O3. The van der Waals surface area contributed by atoms with E-state index in [-0.39, 0.29) is 5.91 Å². The highest BCUT2D eigenvalue weighted by Crippen LogP contribution is 2.22. The molecule has 4 rings (SSSR count). The molecule has 2 heterocycles. The summed E-state index contributed by atoms with van der Waals surface area (Å²) in [5.41, 5.74) is 3.76. The number of nitrogens with one attached hydrogen (secondary N) is 2. The molecule has 8 heteroatoms. The van der Waals surface area contributed by atoms with Gasteiger partial charge in [-0.1, -0.05) is 12.1 Å². The molecule has 0 atom stereocenters. The van der Waals surface area contributed by atoms with E-state index in [1.807, 2.05) is 24.3 Å². The van der Waals surface area contributed by atoms with Gasteiger partial charge in [0.05, 0.1) is 25.6 Å². The van der Waals surface area contributed by atoms with Gasteiger partial charge in [0.2, 0.25) is 0 Å². The SMILES string of the molecule is COCCNc1ccc2ncc(-c3ccc(C(=O)Nc4ccc(OC)cc4)cc3)n2n1. The zero-order valence-corrected chi connectivity index (χ0v) is 17.3. The lowest BCUT2D eigenvalue weighted by atomic mass is 10.1. The summed E-state index contributed by atoms with van der Waals surface area (Å²) in [5, 5.41) is 10.7. The van der Waals surface area contributed by atoms with Crippen LogP contribution in [0.5, 0.6) is 5.75 Å². The number of benzene rings is 2. The number of nitrogens with zero attached hydrogens (tertiary/aromatic N) is 3. The van der Waals surface area contributed by atoms with Gasteiger partial charge in [-0.3, -0.25) is 4.79 Å². The summed E-state index contributed by atoms with van der Waals surface area (Å²) in [5.74, 6) is 1.29. The molecule has 8 nitrogen and oxygen atoms in total. The van der Waals surface area contributed by atoms with E-state index in [1.54, 1.807) is 61.3 Å². The Morgan fingerprint density at radius 2 is 1.77 bits per heavy atom. The second kappa shape index (κ2) is 9.27. The van der Waals surface area contributed by atoms with Crippen LogP contribution in [-0.4, -0.2) is 47.9 Å². The zero-order valence-electron chi connectivity index (χ0n) is 17.3. The first-order valence-corrected chi connectivity index (χ1v) is 9.81. The monoisotopic (exact) mass is 417 g/mol. The number of fused-ring (bicyclic) bond motifs is 1. The fourth-order valence-corrected chi connectivity index (χ4v) is 3.12. The van der Waals surface area contributed by atoms with Gasteiger partial charge >= 0.3 is 0 Å². The lowest BCUT2D eigenvalue weighted by Gasteiger charge is -2.08. The highest BCUT2D eigenvalue weighted by atomic mass is 16.5. The Kier molecular flexibility index (Phi) is 6.09. The molecule has 0 aliphatic heterocycles. The van der Waals surface area contributed by atoms with Gasteiger partial charge in [0, 0.05) is 30.5 Å². The number of ether oxygens (including phenoxy) is 2. The van der Waals surface area contributed by atoms with Crippen LogP contribution in [0.15, 0.2) is 66.9 Å². The van der Waals surface area contributed by atoms with Crippen LogP contribution >= 0.6 is 0 Å². The summed E-state index contributed by atoms with van der Waals surface area (Å²) in [4.78, 5) is 17.0. The van der Waals surface area contributed by atoms with Crippen LogP contribution in [0, 0.1) is 0 Å². The summed E-state index contributed by atoms with van der Waals surface area (Å²) in [6, 6.07) is 18.3. The third-order valence-electron chi connectivity index (χ3n) is 4.77. The van der Waals surface area contributed by atoms with E-state index >= 15 is 0 Å². The molecule has 0 fully saturated rings. The minimum atomic E-state index is -0.183. The topological polar surface area (TPSA) is 89.8 Å². The van der Waals surface area contributed by atoms with Crippen molar-refractivity contribution in [3.63, 3.8) is 0 Å². The van der Waals surface area contributed by atoms with Crippen molar-refractivity contribution in [1.29, 1.82) is 0 Å². The van der Waals surface area contributed by atoms with E-state index in [9.17, 15) is 4.79 Å². The van der Waals surface area contributed by atoms with Gasteiger partial charge in [-0.05, 0) is 48.5 Å². The van der Waals surface area contributed by atoms with Crippen molar-refractivity contribution in [3.8, 4) is 17.0 Å². The number of hydrogen-bond acceptors (Lipinski definition) is 6. The van der Waals surface area contributed by atoms with Crippen LogP contribution in [0.3, 0.4) is 0 Å². The molecule has 0 bridgehead atoms. The summed E-state index contributed by atoms with van der Waals surface area (Å²) in [6.07, 6.45) is 1.77. The quantitative estimate of drug-likeness (QED) is 0.425. The molecule has 0 aliphatic rings. The average Bonchev–Trinajstić information content (AvgIpc) is 3.23. The van der Waals surface area contributed by atoms with E-state index in [2.05, 4.69) is 20.7 Å². The van der Waals surface area contributed by atoms with Gasteiger partial charge < -0.3 is 20.1 Å². The highest BCUT2D eigenvalue weighted by molar-refractivity contribution is 6.04. The number of imidazole rings is 1. The van der Waals surface area contributed by atoms with E-state index < -0.39 is 0 Å². The largest absolute Gasteiger partial charge is 0.497 e. The number of aromatic nitrogens is 3. The van der Waals surface area contributed by atoms with Gasteiger partial charge in [-0.2, -0.15) is 0 Å². The first-order valence-electron chi connectivity index (χ1n) is 9.81. The molecule has 0 aliphatic carbocycles. The summed E-state index contributed by atoms with van der Waals surface area (Å²) < 4.78 is 12.0. The van der Waals surface area contributed by atoms with Crippen LogP contribution < -0.4 is 15.4 Å². The Bertz CT molecular complexity index is 1170. The predicted octanol–water partition coefficient (Wildman–Crippen LogP) is 3.72. The Hall–Kier alpha value is -3.91. The number of rotatable bonds is 8. The number of anilines is 2. The Morgan fingerprint density at radius 3 is 2.48 bits per heavy atom. The Morgan fingerprint density at radius 1 is 1.00 bits per heavy atom. The molecular weight excluding hydrogens is 394 g/mol. The molecule has 2 N–H and O–H groups in total. The van der Waals surface area contributed by atoms with Gasteiger partial charge in [0.15, 0.2) is 5.65 Å². The first-order chi connectivity index (χ1) is 15.2. The maximum absolute atomic E-state index is 12.6. The molecule has 4 aromatic rings. The van der Waals surface area contributed by atoms with E-state index in [1.165, 1.54) is 0 Å². The van der Waals surface area contributed by atoms with E-state index in [4.69, 9.17) is 9.47 Å². The number of carbonyl (C=O) groups is 1. The molecule has 0 spiro atoms. The summed E-state index contributed by atoms with van der Waals surface area (Å²) >= 11 is 0. The standard InChI is InChI=1S/C23H23N5O3/c1-30-14-13-24-21-11-12-22-25-15-20(28(22)27-21)16-3-5-17(6-4-16)23(29)26-18-7-9-19(31-2)10-8-18/h3-12,15H,13-14H2,1-2H3,(H,24,27)(H,26,29). The first kappa shape index (κ1) is 20.4. The lowest BCUT2D eigenvalue weighted by Crippen LogP contribution is -2.11. The number of carbonyl (C=O) groups excluding carboxylic acids is 1. The van der Waals surface area contributed by atoms with Crippen molar-refractivity contribution in [2.24, 2.45) is 0 Å². The van der Waals surface area contributed by atoms with Crippen molar-refractivity contribution in [3.05, 3.63) is 72.4 Å². The molecule has 0 saturated heterocycles. The minimum Gasteiger partial charge on any atom is -0.497 e. The Labute approximate surface area is 179 Å². The van der Waals surface area contributed by atoms with Crippen molar-refractivity contribution in [2.75, 3.05) is 38.0 Å². The fraction of sp³-hybridized carbons (Fsp3) is 0.174. The van der Waals surface area contributed by atoms with Gasteiger partial charge in [-0.15, -0.1) is 5.10 Å². The fourth-order valence-electron chi connectivity index (χ4n) is 3.12. The summed E-state index contributed by atoms with van der Waals surface area (Å²) in [7, 11) is 3.26. The zero-order chi connectivity index (χ0) is 21.6. The van der Waals surface area contributed by atoms with Crippen molar-refractivity contribution >= 4 is 23.1 Å².